The zero-order valence-electron chi connectivity index (χ0n) is 15.7. The van der Waals surface area contributed by atoms with Crippen LogP contribution < -0.4 is 15.8 Å². The molecule has 0 bridgehead atoms. The fourth-order valence-electron chi connectivity index (χ4n) is 3.45. The monoisotopic (exact) mass is 410 g/mol. The van der Waals surface area contributed by atoms with Crippen molar-refractivity contribution in [3.63, 3.8) is 0 Å². The van der Waals surface area contributed by atoms with Gasteiger partial charge in [0, 0.05) is 18.5 Å². The molecule has 4 rings (SSSR count). The molecule has 2 atom stereocenters. The lowest BCUT2D eigenvalue weighted by Gasteiger charge is -2.15. The van der Waals surface area contributed by atoms with E-state index in [1.54, 1.807) is 6.07 Å². The summed E-state index contributed by atoms with van der Waals surface area (Å²) in [6.45, 7) is 1.79. The van der Waals surface area contributed by atoms with Gasteiger partial charge in [0.2, 0.25) is 0 Å². The molecule has 150 valence electrons. The number of nitrogens with zero attached hydrogens (tertiary/aromatic N) is 1. The van der Waals surface area contributed by atoms with E-state index in [9.17, 15) is 9.90 Å². The Morgan fingerprint density at radius 2 is 2.14 bits per heavy atom. The first-order valence-corrected chi connectivity index (χ1v) is 10.3. The van der Waals surface area contributed by atoms with Crippen LogP contribution in [0, 0.1) is 5.41 Å². The molecule has 1 aromatic heterocycles. The van der Waals surface area contributed by atoms with Gasteiger partial charge in [0.1, 0.15) is 17.7 Å². The molecule has 0 radical (unpaired) electrons. The topological polar surface area (TPSA) is 121 Å². The van der Waals surface area contributed by atoms with Crippen molar-refractivity contribution in [1.29, 1.82) is 5.41 Å². The van der Waals surface area contributed by atoms with Gasteiger partial charge in [-0.1, -0.05) is 12.1 Å². The van der Waals surface area contributed by atoms with Gasteiger partial charge in [-0.2, -0.15) is 0 Å². The first-order valence-electron chi connectivity index (χ1n) is 9.43. The van der Waals surface area contributed by atoms with Gasteiger partial charge in [-0.05, 0) is 48.9 Å². The van der Waals surface area contributed by atoms with Gasteiger partial charge in [0.05, 0.1) is 21.1 Å². The molecule has 2 aromatic carbocycles. The third-order valence-electron chi connectivity index (χ3n) is 5.02. The van der Waals surface area contributed by atoms with Gasteiger partial charge in [0.15, 0.2) is 0 Å². The summed E-state index contributed by atoms with van der Waals surface area (Å²) < 4.78 is 6.81. The third kappa shape index (κ3) is 4.38. The fourth-order valence-corrected chi connectivity index (χ4v) is 4.50. The number of nitrogen functional groups attached to an aromatic ring is 1. The number of nitrogens with two attached hydrogens (primary N) is 1. The molecular weight excluding hydrogens is 388 g/mol. The Kier molecular flexibility index (Phi) is 5.46. The largest absolute Gasteiger partial charge is 0.489 e. The molecule has 1 fully saturated rings. The summed E-state index contributed by atoms with van der Waals surface area (Å²) in [5.74, 6) is -0.823. The summed E-state index contributed by atoms with van der Waals surface area (Å²) in [7, 11) is 0. The van der Waals surface area contributed by atoms with Crippen LogP contribution in [0.1, 0.15) is 28.5 Å². The van der Waals surface area contributed by atoms with Crippen LogP contribution in [0.3, 0.4) is 0 Å². The Hall–Kier alpha value is -2.97. The van der Waals surface area contributed by atoms with Crippen molar-refractivity contribution in [3.8, 4) is 5.75 Å². The standard InChI is InChI=1S/C21H22N4O3S/c22-20(23)13-3-6-17-18(9-13)29-19(25-17)10-16(21(26)27)12-1-4-14(5-2-12)28-15-7-8-24-11-15/h1-6,9,15-16,24H,7-8,10-11H2,(H3,22,23)(H,26,27)/t15-,16?/m0/s1. The Bertz CT molecular complexity index is 1040. The van der Waals surface area contributed by atoms with E-state index in [0.717, 1.165) is 46.0 Å². The van der Waals surface area contributed by atoms with Crippen LogP contribution in [0.15, 0.2) is 42.5 Å². The molecule has 3 aromatic rings. The number of amidine groups is 1. The molecule has 8 heteroatoms. The van der Waals surface area contributed by atoms with Crippen molar-refractivity contribution in [3.05, 3.63) is 58.6 Å². The van der Waals surface area contributed by atoms with Crippen molar-refractivity contribution in [2.24, 2.45) is 5.73 Å². The normalized spacial score (nSPS) is 17.3. The SMILES string of the molecule is N=C(N)c1ccc2nc(CC(C(=O)O)c3ccc(O[C@H]4CCNC4)cc3)sc2c1. The zero-order chi connectivity index (χ0) is 20.4. The van der Waals surface area contributed by atoms with E-state index in [4.69, 9.17) is 15.9 Å². The molecule has 2 heterocycles. The molecule has 0 saturated carbocycles. The Morgan fingerprint density at radius 3 is 2.79 bits per heavy atom. The predicted molar refractivity (Wildman–Crippen MR) is 113 cm³/mol. The average molecular weight is 410 g/mol. The highest BCUT2D eigenvalue weighted by Gasteiger charge is 2.23. The fraction of sp³-hybridized carbons (Fsp3) is 0.286. The quantitative estimate of drug-likeness (QED) is 0.351. The van der Waals surface area contributed by atoms with E-state index < -0.39 is 11.9 Å². The maximum atomic E-state index is 11.9. The number of benzene rings is 2. The van der Waals surface area contributed by atoms with Gasteiger partial charge in [0.25, 0.3) is 0 Å². The molecular formula is C21H22N4O3S. The summed E-state index contributed by atoms with van der Waals surface area (Å²) in [5.41, 5.74) is 7.69. The second kappa shape index (κ2) is 8.18. The van der Waals surface area contributed by atoms with Crippen LogP contribution in [-0.4, -0.2) is 41.1 Å². The molecule has 1 aliphatic heterocycles. The van der Waals surface area contributed by atoms with Crippen molar-refractivity contribution in [2.75, 3.05) is 13.1 Å². The number of carboxylic acids is 1. The summed E-state index contributed by atoms with van der Waals surface area (Å²) >= 11 is 1.44. The lowest BCUT2D eigenvalue weighted by atomic mass is 9.96. The number of aromatic nitrogens is 1. The number of aliphatic carboxylic acids is 1. The minimum Gasteiger partial charge on any atom is -0.489 e. The maximum absolute atomic E-state index is 11.9. The molecule has 0 amide bonds. The van der Waals surface area contributed by atoms with Crippen LogP contribution >= 0.6 is 11.3 Å². The van der Waals surface area contributed by atoms with E-state index in [1.165, 1.54) is 11.3 Å². The highest BCUT2D eigenvalue weighted by molar-refractivity contribution is 7.18. The van der Waals surface area contributed by atoms with Crippen LogP contribution in [0.4, 0.5) is 0 Å². The Balaban J connectivity index is 1.52. The Labute approximate surface area is 172 Å². The molecule has 0 spiro atoms. The van der Waals surface area contributed by atoms with Gasteiger partial charge in [-0.25, -0.2) is 4.98 Å². The number of nitrogens with one attached hydrogen (secondary N) is 2. The second-order valence-electron chi connectivity index (χ2n) is 7.10. The van der Waals surface area contributed by atoms with Crippen LogP contribution in [-0.2, 0) is 11.2 Å². The predicted octanol–water partition coefficient (Wildman–Crippen LogP) is 2.73. The van der Waals surface area contributed by atoms with E-state index in [1.807, 2.05) is 36.4 Å². The minimum absolute atomic E-state index is 0.000885. The number of rotatable bonds is 7. The van der Waals surface area contributed by atoms with Crippen LogP contribution in [0.2, 0.25) is 0 Å². The van der Waals surface area contributed by atoms with Gasteiger partial charge in [-0.3, -0.25) is 10.2 Å². The zero-order valence-corrected chi connectivity index (χ0v) is 16.5. The van der Waals surface area contributed by atoms with Crippen molar-refractivity contribution < 1.29 is 14.6 Å². The van der Waals surface area contributed by atoms with Crippen molar-refractivity contribution in [2.45, 2.75) is 24.9 Å². The number of fused-ring (bicyclic) bond motifs is 1. The maximum Gasteiger partial charge on any atom is 0.311 e. The summed E-state index contributed by atoms with van der Waals surface area (Å²) in [5, 5.41) is 21.3. The van der Waals surface area contributed by atoms with E-state index in [2.05, 4.69) is 10.3 Å². The van der Waals surface area contributed by atoms with Crippen LogP contribution in [0.5, 0.6) is 5.75 Å². The minimum atomic E-state index is -0.887. The molecule has 1 unspecified atom stereocenters. The highest BCUT2D eigenvalue weighted by Crippen LogP contribution is 2.29. The first-order chi connectivity index (χ1) is 14.0. The Morgan fingerprint density at radius 1 is 1.34 bits per heavy atom. The van der Waals surface area contributed by atoms with E-state index >= 15 is 0 Å². The molecule has 29 heavy (non-hydrogen) atoms. The summed E-state index contributed by atoms with van der Waals surface area (Å²) in [4.78, 5) is 16.5. The number of hydrogen-bond acceptors (Lipinski definition) is 6. The number of carbonyl (C=O) groups is 1. The number of thiazole rings is 1. The number of hydrogen-bond donors (Lipinski definition) is 4. The van der Waals surface area contributed by atoms with Crippen LogP contribution in [0.25, 0.3) is 10.2 Å². The lowest BCUT2D eigenvalue weighted by Crippen LogP contribution is -2.19. The smallest absolute Gasteiger partial charge is 0.311 e. The highest BCUT2D eigenvalue weighted by atomic mass is 32.1. The first kappa shape index (κ1) is 19.4. The number of carboxylic acid groups (broad SMARTS) is 1. The molecule has 1 aliphatic rings. The van der Waals surface area contributed by atoms with Gasteiger partial charge < -0.3 is 20.9 Å². The molecule has 0 aliphatic carbocycles. The van der Waals surface area contributed by atoms with E-state index in [-0.39, 0.29) is 11.9 Å². The van der Waals surface area contributed by atoms with Gasteiger partial charge >= 0.3 is 5.97 Å². The lowest BCUT2D eigenvalue weighted by molar-refractivity contribution is -0.138. The van der Waals surface area contributed by atoms with E-state index in [0.29, 0.717) is 12.0 Å². The van der Waals surface area contributed by atoms with Gasteiger partial charge in [-0.15, -0.1) is 11.3 Å². The summed E-state index contributed by atoms with van der Waals surface area (Å²) in [6.07, 6.45) is 1.44. The average Bonchev–Trinajstić information content (AvgIpc) is 3.35. The summed E-state index contributed by atoms with van der Waals surface area (Å²) in [6, 6.07) is 12.7. The van der Waals surface area contributed by atoms with Crippen molar-refractivity contribution >= 4 is 33.4 Å². The second-order valence-corrected chi connectivity index (χ2v) is 8.22. The van der Waals surface area contributed by atoms with Crippen molar-refractivity contribution in [1.82, 2.24) is 10.3 Å². The molecule has 1 saturated heterocycles. The third-order valence-corrected chi connectivity index (χ3v) is 6.06. The molecule has 7 nitrogen and oxygen atoms in total. The molecule has 5 N–H and O–H groups in total. The number of ether oxygens (including phenoxy) is 1.